The molecule has 2 aromatic heterocycles. The van der Waals surface area contributed by atoms with Crippen molar-refractivity contribution >= 4 is 48.0 Å². The molecular formula is C16H23BrS2. The molecule has 106 valence electrons. The zero-order valence-corrected chi connectivity index (χ0v) is 15.3. The lowest BCUT2D eigenvalue weighted by Crippen LogP contribution is -1.98. The van der Waals surface area contributed by atoms with E-state index in [4.69, 9.17) is 0 Å². The maximum absolute atomic E-state index is 3.56. The van der Waals surface area contributed by atoms with Crippen molar-refractivity contribution in [2.75, 3.05) is 0 Å². The third-order valence-electron chi connectivity index (χ3n) is 3.59. The van der Waals surface area contributed by atoms with Crippen LogP contribution in [-0.4, -0.2) is 0 Å². The van der Waals surface area contributed by atoms with Gasteiger partial charge in [-0.15, -0.1) is 22.7 Å². The van der Waals surface area contributed by atoms with Crippen molar-refractivity contribution in [1.29, 1.82) is 0 Å². The lowest BCUT2D eigenvalue weighted by Gasteiger charge is -2.11. The average Bonchev–Trinajstić information content (AvgIpc) is 2.82. The molecule has 1 atom stereocenters. The number of hydrogen-bond donors (Lipinski definition) is 0. The van der Waals surface area contributed by atoms with Gasteiger partial charge >= 0.3 is 0 Å². The van der Waals surface area contributed by atoms with Crippen LogP contribution in [0.25, 0.3) is 9.40 Å². The van der Waals surface area contributed by atoms with Gasteiger partial charge in [-0.05, 0) is 52.7 Å². The highest BCUT2D eigenvalue weighted by Gasteiger charge is 2.08. The van der Waals surface area contributed by atoms with E-state index in [1.807, 2.05) is 22.7 Å². The molecule has 0 aliphatic rings. The second kappa shape index (κ2) is 7.24. The Morgan fingerprint density at radius 2 is 1.74 bits per heavy atom. The fraction of sp³-hybridized carbons (Fsp3) is 0.625. The van der Waals surface area contributed by atoms with Crippen molar-refractivity contribution in [3.63, 3.8) is 0 Å². The first-order valence-electron chi connectivity index (χ1n) is 7.22. The third-order valence-corrected chi connectivity index (χ3v) is 6.45. The lowest BCUT2D eigenvalue weighted by molar-refractivity contribution is 0.438. The van der Waals surface area contributed by atoms with Gasteiger partial charge in [0.25, 0.3) is 0 Å². The molecule has 1 unspecified atom stereocenters. The minimum Gasteiger partial charge on any atom is -0.139 e. The fourth-order valence-electron chi connectivity index (χ4n) is 2.39. The highest BCUT2D eigenvalue weighted by atomic mass is 79.9. The van der Waals surface area contributed by atoms with Gasteiger partial charge in [0.2, 0.25) is 0 Å². The number of aryl methyl sites for hydroxylation is 1. The first-order chi connectivity index (χ1) is 9.04. The summed E-state index contributed by atoms with van der Waals surface area (Å²) in [4.78, 5) is 1.56. The Balaban J connectivity index is 1.76. The van der Waals surface area contributed by atoms with Crippen LogP contribution in [0.3, 0.4) is 0 Å². The largest absolute Gasteiger partial charge is 0.139 e. The molecule has 19 heavy (non-hydrogen) atoms. The molecule has 2 heterocycles. The van der Waals surface area contributed by atoms with Crippen LogP contribution in [0.15, 0.2) is 15.9 Å². The number of hydrogen-bond acceptors (Lipinski definition) is 2. The standard InChI is InChI=1S/C16H23BrS2/c1-11(2)5-4-6-12(3)7-8-13-9-14-15(18-13)10-16(17)19-14/h9-12H,4-8H2,1-3H3. The minimum atomic E-state index is 0.856. The molecule has 0 spiro atoms. The summed E-state index contributed by atoms with van der Waals surface area (Å²) in [5.74, 6) is 1.72. The summed E-state index contributed by atoms with van der Waals surface area (Å²) in [6.45, 7) is 7.05. The van der Waals surface area contributed by atoms with Crippen LogP contribution < -0.4 is 0 Å². The van der Waals surface area contributed by atoms with Gasteiger partial charge in [-0.1, -0.05) is 40.0 Å². The predicted molar refractivity (Wildman–Crippen MR) is 93.6 cm³/mol. The molecule has 0 bridgehead atoms. The Kier molecular flexibility index (Phi) is 5.91. The second-order valence-corrected chi connectivity index (χ2v) is 9.59. The van der Waals surface area contributed by atoms with E-state index in [1.165, 1.54) is 45.3 Å². The van der Waals surface area contributed by atoms with Gasteiger partial charge in [0, 0.05) is 14.3 Å². The fourth-order valence-corrected chi connectivity index (χ4v) is 5.45. The molecule has 0 aromatic carbocycles. The first-order valence-corrected chi connectivity index (χ1v) is 9.65. The van der Waals surface area contributed by atoms with Gasteiger partial charge in [-0.25, -0.2) is 0 Å². The van der Waals surface area contributed by atoms with E-state index >= 15 is 0 Å². The zero-order valence-electron chi connectivity index (χ0n) is 12.0. The Morgan fingerprint density at radius 1 is 1.00 bits per heavy atom. The molecule has 0 nitrogen and oxygen atoms in total. The van der Waals surface area contributed by atoms with E-state index in [0.29, 0.717) is 0 Å². The second-order valence-electron chi connectivity index (χ2n) is 5.96. The summed E-state index contributed by atoms with van der Waals surface area (Å²) < 4.78 is 4.14. The van der Waals surface area contributed by atoms with Gasteiger partial charge in [0.15, 0.2) is 0 Å². The molecule has 0 fully saturated rings. The summed E-state index contributed by atoms with van der Waals surface area (Å²) >= 11 is 7.38. The summed E-state index contributed by atoms with van der Waals surface area (Å²) in [5, 5.41) is 0. The Bertz CT molecular complexity index is 478. The molecule has 2 rings (SSSR count). The molecule has 0 aliphatic heterocycles. The van der Waals surface area contributed by atoms with Crippen LogP contribution in [0.4, 0.5) is 0 Å². The first kappa shape index (κ1) is 15.5. The van der Waals surface area contributed by atoms with Gasteiger partial charge in [-0.2, -0.15) is 0 Å². The van der Waals surface area contributed by atoms with Crippen molar-refractivity contribution < 1.29 is 0 Å². The third kappa shape index (κ3) is 4.87. The molecule has 0 radical (unpaired) electrons. The topological polar surface area (TPSA) is 0 Å². The lowest BCUT2D eigenvalue weighted by atomic mass is 9.96. The minimum absolute atomic E-state index is 0.856. The van der Waals surface area contributed by atoms with Gasteiger partial charge in [0.05, 0.1) is 3.79 Å². The highest BCUT2D eigenvalue weighted by molar-refractivity contribution is 9.11. The van der Waals surface area contributed by atoms with Crippen molar-refractivity contribution in [1.82, 2.24) is 0 Å². The SMILES string of the molecule is CC(C)CCCC(C)CCc1cc2sc(Br)cc2s1. The summed E-state index contributed by atoms with van der Waals surface area (Å²) in [6, 6.07) is 4.64. The summed E-state index contributed by atoms with van der Waals surface area (Å²) in [5.41, 5.74) is 0. The Labute approximate surface area is 133 Å². The van der Waals surface area contributed by atoms with Crippen molar-refractivity contribution in [2.24, 2.45) is 11.8 Å². The maximum atomic E-state index is 3.56. The number of thiophene rings is 2. The predicted octanol–water partition coefficient (Wildman–Crippen LogP) is 7.12. The molecule has 0 saturated heterocycles. The van der Waals surface area contributed by atoms with Crippen LogP contribution in [0.5, 0.6) is 0 Å². The van der Waals surface area contributed by atoms with E-state index in [0.717, 1.165) is 11.8 Å². The molecule has 2 aromatic rings. The quantitative estimate of drug-likeness (QED) is 0.494. The summed E-state index contributed by atoms with van der Waals surface area (Å²) in [7, 11) is 0. The smallest absolute Gasteiger partial charge is 0.0719 e. The Hall–Kier alpha value is 0.140. The zero-order chi connectivity index (χ0) is 13.8. The molecule has 0 aliphatic carbocycles. The van der Waals surface area contributed by atoms with E-state index in [2.05, 4.69) is 48.8 Å². The number of rotatable bonds is 7. The molecular weight excluding hydrogens is 336 g/mol. The molecule has 0 saturated carbocycles. The van der Waals surface area contributed by atoms with Crippen LogP contribution >= 0.6 is 38.6 Å². The number of fused-ring (bicyclic) bond motifs is 1. The van der Waals surface area contributed by atoms with Gasteiger partial charge < -0.3 is 0 Å². The highest BCUT2D eigenvalue weighted by Crippen LogP contribution is 2.36. The maximum Gasteiger partial charge on any atom is 0.0719 e. The van der Waals surface area contributed by atoms with Gasteiger partial charge in [-0.3, -0.25) is 0 Å². The van der Waals surface area contributed by atoms with E-state index in [9.17, 15) is 0 Å². The van der Waals surface area contributed by atoms with E-state index in [-0.39, 0.29) is 0 Å². The molecule has 3 heteroatoms. The van der Waals surface area contributed by atoms with Crippen molar-refractivity contribution in [3.8, 4) is 0 Å². The number of halogens is 1. The monoisotopic (exact) mass is 358 g/mol. The van der Waals surface area contributed by atoms with Crippen LogP contribution in [0.2, 0.25) is 0 Å². The van der Waals surface area contributed by atoms with Crippen molar-refractivity contribution in [3.05, 3.63) is 20.8 Å². The van der Waals surface area contributed by atoms with Crippen LogP contribution in [-0.2, 0) is 6.42 Å². The Morgan fingerprint density at radius 3 is 2.42 bits per heavy atom. The van der Waals surface area contributed by atoms with Crippen LogP contribution in [0, 0.1) is 11.8 Å². The normalized spacial score (nSPS) is 13.5. The van der Waals surface area contributed by atoms with Crippen molar-refractivity contribution in [2.45, 2.75) is 52.9 Å². The molecule has 0 amide bonds. The van der Waals surface area contributed by atoms with Gasteiger partial charge in [0.1, 0.15) is 0 Å². The van der Waals surface area contributed by atoms with E-state index < -0.39 is 0 Å². The van der Waals surface area contributed by atoms with Crippen LogP contribution in [0.1, 0.15) is 51.3 Å². The van der Waals surface area contributed by atoms with E-state index in [1.54, 1.807) is 4.88 Å². The molecule has 0 N–H and O–H groups in total. The average molecular weight is 359 g/mol. The summed E-state index contributed by atoms with van der Waals surface area (Å²) in [6.07, 6.45) is 6.77.